The fraction of sp³-hybridized carbons (Fsp3) is 0.800. The summed E-state index contributed by atoms with van der Waals surface area (Å²) < 4.78 is 16.4. The van der Waals surface area contributed by atoms with Crippen LogP contribution in [0.5, 0.6) is 0 Å². The van der Waals surface area contributed by atoms with Crippen LogP contribution in [0.25, 0.3) is 0 Å². The number of aliphatic hydroxyl groups excluding tert-OH is 1. The highest BCUT2D eigenvalue weighted by Gasteiger charge is 2.37. The van der Waals surface area contributed by atoms with Gasteiger partial charge in [0.1, 0.15) is 6.10 Å². The van der Waals surface area contributed by atoms with Crippen molar-refractivity contribution in [3.05, 3.63) is 12.3 Å². The zero-order valence-electron chi connectivity index (χ0n) is 8.47. The maximum Gasteiger partial charge on any atom is 0.162 e. The van der Waals surface area contributed by atoms with E-state index in [0.29, 0.717) is 13.2 Å². The average molecular weight is 200 g/mol. The van der Waals surface area contributed by atoms with E-state index in [4.69, 9.17) is 14.2 Å². The molecule has 0 amide bonds. The van der Waals surface area contributed by atoms with Gasteiger partial charge in [0, 0.05) is 0 Å². The minimum Gasteiger partial charge on any atom is -0.495 e. The molecular weight excluding hydrogens is 184 g/mol. The van der Waals surface area contributed by atoms with Crippen LogP contribution in [0.1, 0.15) is 13.8 Å². The first-order valence-electron chi connectivity index (χ1n) is 4.87. The summed E-state index contributed by atoms with van der Waals surface area (Å²) in [5.74, 6) is -0.609. The zero-order chi connectivity index (χ0) is 10.2. The molecule has 4 nitrogen and oxygen atoms in total. The number of rotatable bonds is 0. The van der Waals surface area contributed by atoms with Gasteiger partial charge in [-0.15, -0.1) is 0 Å². The molecule has 1 fully saturated rings. The van der Waals surface area contributed by atoms with Crippen molar-refractivity contribution in [3.63, 3.8) is 0 Å². The SMILES string of the molecule is CC1(C)OC[C@@H]2OC=CC(O)[C@H]2CO1. The Bertz CT molecular complexity index is 236. The lowest BCUT2D eigenvalue weighted by Crippen LogP contribution is -2.38. The van der Waals surface area contributed by atoms with E-state index in [1.807, 2.05) is 13.8 Å². The van der Waals surface area contributed by atoms with Gasteiger partial charge in [-0.2, -0.15) is 0 Å². The number of ether oxygens (including phenoxy) is 3. The second-order valence-corrected chi connectivity index (χ2v) is 4.18. The minimum absolute atomic E-state index is 0.0261. The highest BCUT2D eigenvalue weighted by atomic mass is 16.7. The molecule has 0 aromatic heterocycles. The Hall–Kier alpha value is -0.580. The maximum atomic E-state index is 9.70. The molecule has 0 bridgehead atoms. The first-order valence-corrected chi connectivity index (χ1v) is 4.87. The van der Waals surface area contributed by atoms with Crippen molar-refractivity contribution >= 4 is 0 Å². The van der Waals surface area contributed by atoms with E-state index in [2.05, 4.69) is 0 Å². The third kappa shape index (κ3) is 1.92. The van der Waals surface area contributed by atoms with Crippen LogP contribution in [0.2, 0.25) is 0 Å². The second-order valence-electron chi connectivity index (χ2n) is 4.18. The number of hydrogen-bond donors (Lipinski definition) is 1. The van der Waals surface area contributed by atoms with Gasteiger partial charge in [0.2, 0.25) is 0 Å². The lowest BCUT2D eigenvalue weighted by Gasteiger charge is -2.29. The van der Waals surface area contributed by atoms with Gasteiger partial charge in [0.15, 0.2) is 5.79 Å². The number of fused-ring (bicyclic) bond motifs is 1. The summed E-state index contributed by atoms with van der Waals surface area (Å²) in [6.07, 6.45) is 2.58. The van der Waals surface area contributed by atoms with Gasteiger partial charge >= 0.3 is 0 Å². The molecule has 0 spiro atoms. The Kier molecular flexibility index (Phi) is 2.51. The van der Waals surface area contributed by atoms with Crippen LogP contribution in [-0.4, -0.2) is 36.3 Å². The van der Waals surface area contributed by atoms with E-state index >= 15 is 0 Å². The molecule has 1 saturated heterocycles. The summed E-state index contributed by atoms with van der Waals surface area (Å²) in [6.45, 7) is 4.65. The topological polar surface area (TPSA) is 47.9 Å². The quantitative estimate of drug-likeness (QED) is 0.624. The molecule has 1 N–H and O–H groups in total. The molecule has 0 aromatic carbocycles. The third-order valence-corrected chi connectivity index (χ3v) is 2.66. The van der Waals surface area contributed by atoms with Gasteiger partial charge in [-0.25, -0.2) is 0 Å². The number of hydrogen-bond acceptors (Lipinski definition) is 4. The van der Waals surface area contributed by atoms with Crippen LogP contribution in [0.3, 0.4) is 0 Å². The van der Waals surface area contributed by atoms with Crippen molar-refractivity contribution in [1.29, 1.82) is 0 Å². The van der Waals surface area contributed by atoms with Gasteiger partial charge < -0.3 is 19.3 Å². The predicted octanol–water partition coefficient (Wildman–Crippen LogP) is 0.659. The average Bonchev–Trinajstić information content (AvgIpc) is 2.27. The molecule has 14 heavy (non-hydrogen) atoms. The van der Waals surface area contributed by atoms with E-state index in [-0.39, 0.29) is 12.0 Å². The summed E-state index contributed by atoms with van der Waals surface area (Å²) in [6, 6.07) is 0. The van der Waals surface area contributed by atoms with Gasteiger partial charge in [0.25, 0.3) is 0 Å². The summed E-state index contributed by atoms with van der Waals surface area (Å²) in [4.78, 5) is 0. The molecule has 4 heteroatoms. The Labute approximate surface area is 83.5 Å². The van der Waals surface area contributed by atoms with E-state index in [9.17, 15) is 5.11 Å². The molecule has 2 aliphatic heterocycles. The summed E-state index contributed by atoms with van der Waals surface area (Å²) in [7, 11) is 0. The molecule has 1 unspecified atom stereocenters. The lowest BCUT2D eigenvalue weighted by molar-refractivity contribution is -0.204. The molecular formula is C10H16O4. The highest BCUT2D eigenvalue weighted by Crippen LogP contribution is 2.27. The van der Waals surface area contributed by atoms with Crippen molar-refractivity contribution in [2.45, 2.75) is 31.8 Å². The van der Waals surface area contributed by atoms with Crippen LogP contribution in [0, 0.1) is 5.92 Å². The second kappa shape index (κ2) is 3.53. The normalized spacial score (nSPS) is 40.9. The van der Waals surface area contributed by atoms with Crippen LogP contribution in [0.15, 0.2) is 12.3 Å². The van der Waals surface area contributed by atoms with E-state index in [1.165, 1.54) is 6.26 Å². The molecule has 2 aliphatic rings. The van der Waals surface area contributed by atoms with Crippen LogP contribution >= 0.6 is 0 Å². The lowest BCUT2D eigenvalue weighted by atomic mass is 9.95. The van der Waals surface area contributed by atoms with E-state index < -0.39 is 11.9 Å². The van der Waals surface area contributed by atoms with Crippen LogP contribution in [0.4, 0.5) is 0 Å². The molecule has 0 saturated carbocycles. The Balaban J connectivity index is 2.09. The molecule has 80 valence electrons. The van der Waals surface area contributed by atoms with Gasteiger partial charge in [-0.05, 0) is 19.9 Å². The maximum absolute atomic E-state index is 9.70. The first-order chi connectivity index (χ1) is 6.58. The van der Waals surface area contributed by atoms with Crippen LogP contribution < -0.4 is 0 Å². The standard InChI is InChI=1S/C10H16O4/c1-10(2)13-5-7-8(11)3-4-12-9(7)6-14-10/h3-4,7-9,11H,5-6H2,1-2H3/t7-,8?,9+/m1/s1. The fourth-order valence-corrected chi connectivity index (χ4v) is 1.68. The Morgan fingerprint density at radius 3 is 2.79 bits per heavy atom. The van der Waals surface area contributed by atoms with Gasteiger partial charge in [-0.1, -0.05) is 0 Å². The predicted molar refractivity (Wildman–Crippen MR) is 49.5 cm³/mol. The Morgan fingerprint density at radius 2 is 2.00 bits per heavy atom. The fourth-order valence-electron chi connectivity index (χ4n) is 1.68. The minimum atomic E-state index is -0.583. The zero-order valence-corrected chi connectivity index (χ0v) is 8.47. The monoisotopic (exact) mass is 200 g/mol. The van der Waals surface area contributed by atoms with E-state index in [1.54, 1.807) is 6.08 Å². The summed E-state index contributed by atoms with van der Waals surface area (Å²) >= 11 is 0. The molecule has 0 radical (unpaired) electrons. The van der Waals surface area contributed by atoms with Crippen molar-refractivity contribution < 1.29 is 19.3 Å². The molecule has 0 aromatic rings. The smallest absolute Gasteiger partial charge is 0.162 e. The van der Waals surface area contributed by atoms with Crippen molar-refractivity contribution in [3.8, 4) is 0 Å². The first kappa shape index (κ1) is 9.96. The highest BCUT2D eigenvalue weighted by molar-refractivity contribution is 4.97. The summed E-state index contributed by atoms with van der Waals surface area (Å²) in [5.41, 5.74) is 0. The van der Waals surface area contributed by atoms with Gasteiger partial charge in [-0.3, -0.25) is 0 Å². The Morgan fingerprint density at radius 1 is 1.29 bits per heavy atom. The third-order valence-electron chi connectivity index (χ3n) is 2.66. The molecule has 2 heterocycles. The molecule has 0 aliphatic carbocycles. The van der Waals surface area contributed by atoms with Crippen molar-refractivity contribution in [2.75, 3.05) is 13.2 Å². The summed E-state index contributed by atoms with van der Waals surface area (Å²) in [5, 5.41) is 9.70. The van der Waals surface area contributed by atoms with Crippen molar-refractivity contribution in [2.24, 2.45) is 5.92 Å². The molecule has 3 atom stereocenters. The van der Waals surface area contributed by atoms with Crippen molar-refractivity contribution in [1.82, 2.24) is 0 Å². The van der Waals surface area contributed by atoms with E-state index in [0.717, 1.165) is 0 Å². The largest absolute Gasteiger partial charge is 0.495 e. The van der Waals surface area contributed by atoms with Gasteiger partial charge in [0.05, 0.1) is 31.5 Å². The molecule has 2 rings (SSSR count). The number of aliphatic hydroxyl groups is 1. The van der Waals surface area contributed by atoms with Crippen LogP contribution in [-0.2, 0) is 14.2 Å².